The molecule has 1 amide bonds. The van der Waals surface area contributed by atoms with E-state index in [0.29, 0.717) is 35.4 Å². The second-order valence-electron chi connectivity index (χ2n) is 8.40. The molecule has 0 saturated carbocycles. The molecule has 0 radical (unpaired) electrons. The number of fused-ring (bicyclic) bond motifs is 2. The van der Waals surface area contributed by atoms with Crippen molar-refractivity contribution < 1.29 is 23.1 Å². The maximum Gasteiger partial charge on any atom is 0.297 e. The van der Waals surface area contributed by atoms with E-state index < -0.39 is 23.2 Å². The van der Waals surface area contributed by atoms with Crippen LogP contribution in [-0.2, 0) is 0 Å². The number of carbonyl (C=O) groups is 1. The molecule has 1 atom stereocenters. The molecule has 3 heterocycles. The van der Waals surface area contributed by atoms with E-state index in [0.717, 1.165) is 25.3 Å². The standard InChI is InChI=1S/C27H25FN2O5S/c1-3-5-6-12-34-20-9-7-16(14-21(20)33-4-2)23-22-24(31)18-15-17(28)8-10-19(18)35-25(22)26(32)30(23)27-29-11-13-36-27/h7-11,13-15,23H,3-6,12H2,1-2H3. The zero-order valence-electron chi connectivity index (χ0n) is 20.0. The number of nitrogens with zero attached hydrogens (tertiary/aromatic N) is 2. The van der Waals surface area contributed by atoms with Crippen molar-refractivity contribution in [3.05, 3.63) is 80.9 Å². The molecule has 0 N–H and O–H groups in total. The lowest BCUT2D eigenvalue weighted by Gasteiger charge is -2.23. The van der Waals surface area contributed by atoms with E-state index in [1.807, 2.05) is 6.92 Å². The predicted molar refractivity (Wildman–Crippen MR) is 136 cm³/mol. The second-order valence-corrected chi connectivity index (χ2v) is 9.27. The highest BCUT2D eigenvalue weighted by Crippen LogP contribution is 2.43. The molecule has 0 spiro atoms. The SMILES string of the molecule is CCCCCOc1ccc(C2c3c(oc4ccc(F)cc4c3=O)C(=O)N2c2nccs2)cc1OCC. The number of rotatable bonds is 9. The maximum atomic E-state index is 14.0. The average Bonchev–Trinajstić information content (AvgIpc) is 3.50. The van der Waals surface area contributed by atoms with Crippen LogP contribution in [0.2, 0.25) is 0 Å². The first kappa shape index (κ1) is 24.0. The summed E-state index contributed by atoms with van der Waals surface area (Å²) < 4.78 is 31.7. The largest absolute Gasteiger partial charge is 0.490 e. The normalized spacial score (nSPS) is 14.9. The predicted octanol–water partition coefficient (Wildman–Crippen LogP) is 6.11. The minimum Gasteiger partial charge on any atom is -0.490 e. The molecule has 1 aliphatic rings. The summed E-state index contributed by atoms with van der Waals surface area (Å²) in [6.45, 7) is 4.98. The van der Waals surface area contributed by atoms with Crippen molar-refractivity contribution in [3.63, 3.8) is 0 Å². The quantitative estimate of drug-likeness (QED) is 0.254. The van der Waals surface area contributed by atoms with E-state index >= 15 is 0 Å². The van der Waals surface area contributed by atoms with Gasteiger partial charge in [0.15, 0.2) is 22.1 Å². The molecule has 7 nitrogen and oxygen atoms in total. The Morgan fingerprint density at radius 3 is 2.69 bits per heavy atom. The Hall–Kier alpha value is -3.72. The summed E-state index contributed by atoms with van der Waals surface area (Å²) in [4.78, 5) is 32.9. The number of hydrogen-bond acceptors (Lipinski definition) is 7. The summed E-state index contributed by atoms with van der Waals surface area (Å²) in [5, 5.41) is 2.25. The highest BCUT2D eigenvalue weighted by molar-refractivity contribution is 7.13. The van der Waals surface area contributed by atoms with Gasteiger partial charge in [-0.25, -0.2) is 9.37 Å². The smallest absolute Gasteiger partial charge is 0.297 e. The van der Waals surface area contributed by atoms with Gasteiger partial charge in [-0.2, -0.15) is 0 Å². The lowest BCUT2D eigenvalue weighted by atomic mass is 9.98. The van der Waals surface area contributed by atoms with Crippen LogP contribution in [0.1, 0.15) is 60.8 Å². The van der Waals surface area contributed by atoms with Gasteiger partial charge in [0.1, 0.15) is 11.4 Å². The van der Waals surface area contributed by atoms with Crippen molar-refractivity contribution in [1.82, 2.24) is 4.98 Å². The number of anilines is 1. The lowest BCUT2D eigenvalue weighted by Crippen LogP contribution is -2.29. The molecule has 186 valence electrons. The molecule has 2 aromatic heterocycles. The second kappa shape index (κ2) is 10.1. The molecular formula is C27H25FN2O5S. The van der Waals surface area contributed by atoms with Gasteiger partial charge in [-0.1, -0.05) is 25.8 Å². The van der Waals surface area contributed by atoms with Gasteiger partial charge < -0.3 is 13.9 Å². The first-order valence-electron chi connectivity index (χ1n) is 11.9. The Morgan fingerprint density at radius 1 is 1.08 bits per heavy atom. The third-order valence-electron chi connectivity index (χ3n) is 6.05. The zero-order chi connectivity index (χ0) is 25.2. The minimum atomic E-state index is -0.823. The van der Waals surface area contributed by atoms with E-state index in [4.69, 9.17) is 13.9 Å². The van der Waals surface area contributed by atoms with Crippen molar-refractivity contribution in [3.8, 4) is 11.5 Å². The van der Waals surface area contributed by atoms with Gasteiger partial charge in [0.25, 0.3) is 5.91 Å². The number of benzene rings is 2. The van der Waals surface area contributed by atoms with Crippen LogP contribution in [0, 0.1) is 5.82 Å². The van der Waals surface area contributed by atoms with Crippen molar-refractivity contribution in [2.24, 2.45) is 0 Å². The van der Waals surface area contributed by atoms with Crippen LogP contribution in [0.4, 0.5) is 9.52 Å². The maximum absolute atomic E-state index is 14.0. The molecule has 1 unspecified atom stereocenters. The average molecular weight is 509 g/mol. The summed E-state index contributed by atoms with van der Waals surface area (Å²) >= 11 is 1.27. The van der Waals surface area contributed by atoms with Crippen LogP contribution in [0.5, 0.6) is 11.5 Å². The molecule has 0 bridgehead atoms. The number of unbranched alkanes of at least 4 members (excludes halogenated alkanes) is 2. The molecule has 4 aromatic rings. The zero-order valence-corrected chi connectivity index (χ0v) is 20.8. The fraction of sp³-hybridized carbons (Fsp3) is 0.296. The highest BCUT2D eigenvalue weighted by Gasteiger charge is 2.45. The summed E-state index contributed by atoms with van der Waals surface area (Å²) in [6.07, 6.45) is 4.67. The number of ether oxygens (including phenoxy) is 2. The Kier molecular flexibility index (Phi) is 6.73. The van der Waals surface area contributed by atoms with Gasteiger partial charge in [-0.15, -0.1) is 11.3 Å². The Balaban J connectivity index is 1.66. The number of hydrogen-bond donors (Lipinski definition) is 0. The summed E-state index contributed by atoms with van der Waals surface area (Å²) in [6, 6.07) is 8.24. The number of thiazole rings is 1. The van der Waals surface area contributed by atoms with Crippen molar-refractivity contribution in [1.29, 1.82) is 0 Å². The van der Waals surface area contributed by atoms with E-state index in [1.54, 1.807) is 29.8 Å². The fourth-order valence-corrected chi connectivity index (χ4v) is 5.08. The molecule has 0 saturated heterocycles. The van der Waals surface area contributed by atoms with Crippen LogP contribution in [0.15, 0.2) is 57.2 Å². The number of amides is 1. The molecule has 36 heavy (non-hydrogen) atoms. The Bertz CT molecular complexity index is 1470. The number of halogens is 1. The minimum absolute atomic E-state index is 0.0721. The van der Waals surface area contributed by atoms with E-state index in [2.05, 4.69) is 11.9 Å². The molecule has 1 aliphatic heterocycles. The topological polar surface area (TPSA) is 81.9 Å². The van der Waals surface area contributed by atoms with Gasteiger partial charge in [0.2, 0.25) is 5.76 Å². The molecule has 0 aliphatic carbocycles. The molecule has 5 rings (SSSR count). The molecular weight excluding hydrogens is 483 g/mol. The molecule has 9 heteroatoms. The van der Waals surface area contributed by atoms with Gasteiger partial charge in [-0.05, 0) is 49.2 Å². The summed E-state index contributed by atoms with van der Waals surface area (Å²) in [7, 11) is 0. The van der Waals surface area contributed by atoms with Gasteiger partial charge in [0, 0.05) is 11.6 Å². The monoisotopic (exact) mass is 508 g/mol. The van der Waals surface area contributed by atoms with E-state index in [9.17, 15) is 14.0 Å². The number of carbonyl (C=O) groups excluding carboxylic acids is 1. The Morgan fingerprint density at radius 2 is 1.94 bits per heavy atom. The summed E-state index contributed by atoms with van der Waals surface area (Å²) in [5.74, 6) is -0.00345. The lowest BCUT2D eigenvalue weighted by molar-refractivity contribution is 0.0971. The van der Waals surface area contributed by atoms with Crippen LogP contribution in [0.3, 0.4) is 0 Å². The summed E-state index contributed by atoms with van der Waals surface area (Å²) in [5.41, 5.74) is 0.470. The van der Waals surface area contributed by atoms with Crippen molar-refractivity contribution in [2.75, 3.05) is 18.1 Å². The third-order valence-corrected chi connectivity index (χ3v) is 6.82. The van der Waals surface area contributed by atoms with Crippen molar-refractivity contribution in [2.45, 2.75) is 39.2 Å². The van der Waals surface area contributed by atoms with E-state index in [1.165, 1.54) is 28.4 Å². The van der Waals surface area contributed by atoms with Gasteiger partial charge in [0.05, 0.1) is 30.2 Å². The van der Waals surface area contributed by atoms with E-state index in [-0.39, 0.29) is 22.3 Å². The van der Waals surface area contributed by atoms with Crippen LogP contribution in [0.25, 0.3) is 11.0 Å². The molecule has 0 fully saturated rings. The Labute approximate surface area is 211 Å². The molecule has 2 aromatic carbocycles. The highest BCUT2D eigenvalue weighted by atomic mass is 32.1. The van der Waals surface area contributed by atoms with Gasteiger partial charge in [-0.3, -0.25) is 14.5 Å². The first-order valence-corrected chi connectivity index (χ1v) is 12.8. The first-order chi connectivity index (χ1) is 17.5. The van der Waals surface area contributed by atoms with Crippen molar-refractivity contribution >= 4 is 33.3 Å². The van der Waals surface area contributed by atoms with Crippen LogP contribution < -0.4 is 19.8 Å². The number of aromatic nitrogens is 1. The van der Waals surface area contributed by atoms with Gasteiger partial charge >= 0.3 is 0 Å². The fourth-order valence-electron chi connectivity index (χ4n) is 4.41. The van der Waals surface area contributed by atoms with Crippen LogP contribution >= 0.6 is 11.3 Å². The third kappa shape index (κ3) is 4.24. The van der Waals surface area contributed by atoms with Crippen LogP contribution in [-0.4, -0.2) is 24.1 Å².